The lowest BCUT2D eigenvalue weighted by atomic mass is 10.2. The van der Waals surface area contributed by atoms with Crippen LogP contribution in [0.2, 0.25) is 9.36 Å². The molecule has 1 nitrogen and oxygen atoms in total. The van der Waals surface area contributed by atoms with Crippen LogP contribution in [0.1, 0.15) is 15.2 Å². The smallest absolute Gasteiger partial charge is 0.182 e. The summed E-state index contributed by atoms with van der Waals surface area (Å²) in [6, 6.07) is 11.2. The highest BCUT2D eigenvalue weighted by atomic mass is 35.5. The lowest BCUT2D eigenvalue weighted by Gasteiger charge is -2.02. The maximum atomic E-state index is 11.8. The van der Waals surface area contributed by atoms with E-state index in [1.54, 1.807) is 23.9 Å². The fourth-order valence-electron chi connectivity index (χ4n) is 1.40. The molecule has 0 atom stereocenters. The van der Waals surface area contributed by atoms with Gasteiger partial charge in [-0.15, -0.1) is 23.1 Å². The summed E-state index contributed by atoms with van der Waals surface area (Å²) in [6.45, 7) is 0. The lowest BCUT2D eigenvalue weighted by molar-refractivity contribution is 0.102. The molecular formula is C13H10Cl2OS2. The second-order valence-corrected chi connectivity index (χ2v) is 6.72. The van der Waals surface area contributed by atoms with Gasteiger partial charge in [-0.1, -0.05) is 41.4 Å². The highest BCUT2D eigenvalue weighted by Crippen LogP contribution is 2.25. The van der Waals surface area contributed by atoms with E-state index in [4.69, 9.17) is 23.2 Å². The summed E-state index contributed by atoms with van der Waals surface area (Å²) < 4.78 is 0.648. The number of ketones is 1. The zero-order chi connectivity index (χ0) is 13.0. The van der Waals surface area contributed by atoms with Gasteiger partial charge in [0.25, 0.3) is 0 Å². The molecule has 0 saturated carbocycles. The summed E-state index contributed by atoms with van der Waals surface area (Å²) in [5.41, 5.74) is 1.06. The Labute approximate surface area is 124 Å². The van der Waals surface area contributed by atoms with Crippen molar-refractivity contribution in [3.63, 3.8) is 0 Å². The third-order valence-corrected chi connectivity index (χ3v) is 4.92. The number of thioether (sulfide) groups is 1. The van der Waals surface area contributed by atoms with Gasteiger partial charge >= 0.3 is 0 Å². The molecule has 0 unspecified atom stereocenters. The summed E-state index contributed by atoms with van der Waals surface area (Å²) in [6.07, 6.45) is 0. The van der Waals surface area contributed by atoms with E-state index in [0.29, 0.717) is 15.0 Å². The second kappa shape index (κ2) is 6.62. The van der Waals surface area contributed by atoms with Crippen molar-refractivity contribution in [1.82, 2.24) is 0 Å². The highest BCUT2D eigenvalue weighted by Gasteiger charge is 2.09. The zero-order valence-corrected chi connectivity index (χ0v) is 12.5. The summed E-state index contributed by atoms with van der Waals surface area (Å²) in [7, 11) is 0. The molecule has 2 rings (SSSR count). The van der Waals surface area contributed by atoms with Crippen LogP contribution in [0.5, 0.6) is 0 Å². The van der Waals surface area contributed by atoms with Crippen LogP contribution >= 0.6 is 46.3 Å². The van der Waals surface area contributed by atoms with Gasteiger partial charge in [-0.05, 0) is 23.8 Å². The van der Waals surface area contributed by atoms with E-state index < -0.39 is 0 Å². The van der Waals surface area contributed by atoms with Crippen molar-refractivity contribution in [2.24, 2.45) is 0 Å². The maximum Gasteiger partial charge on any atom is 0.182 e. The Bertz CT molecular complexity index is 551. The molecule has 1 heterocycles. The quantitative estimate of drug-likeness (QED) is 0.708. The summed E-state index contributed by atoms with van der Waals surface area (Å²) in [4.78, 5) is 12.5. The number of halogens is 2. The molecule has 0 saturated heterocycles. The van der Waals surface area contributed by atoms with Gasteiger partial charge in [0.15, 0.2) is 5.78 Å². The van der Waals surface area contributed by atoms with Gasteiger partial charge in [0.2, 0.25) is 0 Å². The summed E-state index contributed by atoms with van der Waals surface area (Å²) in [5, 5.41) is 0.747. The molecule has 1 aromatic carbocycles. The van der Waals surface area contributed by atoms with Crippen LogP contribution in [0.3, 0.4) is 0 Å². The monoisotopic (exact) mass is 316 g/mol. The first kappa shape index (κ1) is 13.9. The number of thiophene rings is 1. The van der Waals surface area contributed by atoms with Crippen molar-refractivity contribution in [3.05, 3.63) is 56.2 Å². The van der Waals surface area contributed by atoms with Crippen LogP contribution in [0.15, 0.2) is 36.4 Å². The maximum absolute atomic E-state index is 11.8. The Hall–Kier alpha value is -0.480. The van der Waals surface area contributed by atoms with Gasteiger partial charge < -0.3 is 0 Å². The van der Waals surface area contributed by atoms with Crippen LogP contribution < -0.4 is 0 Å². The minimum Gasteiger partial charge on any atom is -0.292 e. The van der Waals surface area contributed by atoms with Crippen molar-refractivity contribution in [1.29, 1.82) is 0 Å². The number of carbonyl (C=O) groups is 1. The van der Waals surface area contributed by atoms with Crippen molar-refractivity contribution >= 4 is 52.1 Å². The number of rotatable bonds is 5. The van der Waals surface area contributed by atoms with Crippen LogP contribution in [0.25, 0.3) is 0 Å². The Morgan fingerprint density at radius 1 is 1.17 bits per heavy atom. The number of Topliss-reactive ketones (excluding diaryl/α,β-unsaturated/α-hetero) is 1. The molecule has 0 fully saturated rings. The summed E-state index contributed by atoms with van der Waals surface area (Å²) >= 11 is 14.7. The van der Waals surface area contributed by atoms with Crippen molar-refractivity contribution in [2.45, 2.75) is 5.75 Å². The minimum atomic E-state index is 0.115. The van der Waals surface area contributed by atoms with Crippen LogP contribution in [0.4, 0.5) is 0 Å². The average molecular weight is 317 g/mol. The van der Waals surface area contributed by atoms with E-state index in [0.717, 1.165) is 16.3 Å². The Morgan fingerprint density at radius 3 is 2.61 bits per heavy atom. The zero-order valence-electron chi connectivity index (χ0n) is 9.36. The van der Waals surface area contributed by atoms with Crippen molar-refractivity contribution < 1.29 is 4.79 Å². The molecule has 0 aliphatic carbocycles. The number of benzene rings is 1. The molecule has 0 aliphatic heterocycles. The van der Waals surface area contributed by atoms with Crippen molar-refractivity contribution in [2.75, 3.05) is 5.75 Å². The third kappa shape index (κ3) is 3.75. The molecule has 5 heteroatoms. The first-order valence-corrected chi connectivity index (χ1v) is 7.99. The van der Waals surface area contributed by atoms with Gasteiger partial charge in [0.05, 0.1) is 15.0 Å². The van der Waals surface area contributed by atoms with E-state index in [2.05, 4.69) is 0 Å². The molecule has 18 heavy (non-hydrogen) atoms. The van der Waals surface area contributed by atoms with Crippen molar-refractivity contribution in [3.8, 4) is 0 Å². The standard InChI is InChI=1S/C13H10Cl2OS2/c14-10-4-2-1-3-9(10)7-17-8-11(16)12-5-6-13(15)18-12/h1-6H,7-8H2. The predicted octanol–water partition coefficient (Wildman–Crippen LogP) is 5.17. The summed E-state index contributed by atoms with van der Waals surface area (Å²) in [5.74, 6) is 1.30. The average Bonchev–Trinajstić information content (AvgIpc) is 2.78. The molecule has 1 aromatic heterocycles. The largest absolute Gasteiger partial charge is 0.292 e. The molecule has 0 spiro atoms. The Balaban J connectivity index is 1.86. The normalized spacial score (nSPS) is 10.6. The third-order valence-electron chi connectivity index (χ3n) is 2.30. The molecule has 0 aliphatic rings. The molecule has 0 amide bonds. The Kier molecular flexibility index (Phi) is 5.13. The predicted molar refractivity (Wildman–Crippen MR) is 81.3 cm³/mol. The van der Waals surface area contributed by atoms with Crippen LogP contribution in [-0.4, -0.2) is 11.5 Å². The van der Waals surface area contributed by atoms with Gasteiger partial charge in [-0.2, -0.15) is 0 Å². The first-order chi connectivity index (χ1) is 8.66. The second-order valence-electron chi connectivity index (χ2n) is 3.61. The van der Waals surface area contributed by atoms with E-state index in [1.807, 2.05) is 24.3 Å². The van der Waals surface area contributed by atoms with E-state index in [-0.39, 0.29) is 5.78 Å². The number of carbonyl (C=O) groups excluding carboxylic acids is 1. The minimum absolute atomic E-state index is 0.115. The molecule has 0 radical (unpaired) electrons. The first-order valence-electron chi connectivity index (χ1n) is 5.26. The Morgan fingerprint density at radius 2 is 1.94 bits per heavy atom. The molecule has 2 aromatic rings. The fourth-order valence-corrected chi connectivity index (χ4v) is 3.67. The number of hydrogen-bond acceptors (Lipinski definition) is 3. The highest BCUT2D eigenvalue weighted by molar-refractivity contribution is 7.99. The SMILES string of the molecule is O=C(CSCc1ccccc1Cl)c1ccc(Cl)s1. The fraction of sp³-hybridized carbons (Fsp3) is 0.154. The lowest BCUT2D eigenvalue weighted by Crippen LogP contribution is -1.99. The van der Waals surface area contributed by atoms with Gasteiger partial charge in [0.1, 0.15) is 0 Å². The molecule has 0 N–H and O–H groups in total. The van der Waals surface area contributed by atoms with Crippen LogP contribution in [0, 0.1) is 0 Å². The molecule has 0 bridgehead atoms. The van der Waals surface area contributed by atoms with Gasteiger partial charge in [0, 0.05) is 10.8 Å². The molecule has 94 valence electrons. The van der Waals surface area contributed by atoms with E-state index in [9.17, 15) is 4.79 Å². The topological polar surface area (TPSA) is 17.1 Å². The van der Waals surface area contributed by atoms with Gasteiger partial charge in [-0.25, -0.2) is 0 Å². The van der Waals surface area contributed by atoms with E-state index >= 15 is 0 Å². The van der Waals surface area contributed by atoms with E-state index in [1.165, 1.54) is 11.3 Å². The molecular weight excluding hydrogens is 307 g/mol. The van der Waals surface area contributed by atoms with Gasteiger partial charge in [-0.3, -0.25) is 4.79 Å². The number of hydrogen-bond donors (Lipinski definition) is 0. The van der Waals surface area contributed by atoms with Crippen LogP contribution in [-0.2, 0) is 5.75 Å².